The van der Waals surface area contributed by atoms with E-state index in [4.69, 9.17) is 0 Å². The van der Waals surface area contributed by atoms with Gasteiger partial charge in [-0.05, 0) is 30.7 Å². The molecule has 0 radical (unpaired) electrons. The molecular formula is C14H13NO5S. The molecule has 0 saturated carbocycles. The SMILES string of the molecule is COS(=O)(=O)c1ccc(C)cc1-c1ccc([N+](=O)[O-])cc1. The fraction of sp³-hybridized carbons (Fsp3) is 0.143. The Morgan fingerprint density at radius 2 is 1.71 bits per heavy atom. The fourth-order valence-electron chi connectivity index (χ4n) is 1.94. The summed E-state index contributed by atoms with van der Waals surface area (Å²) in [5, 5.41) is 10.7. The molecule has 7 heteroatoms. The van der Waals surface area contributed by atoms with Crippen molar-refractivity contribution in [2.45, 2.75) is 11.8 Å². The summed E-state index contributed by atoms with van der Waals surface area (Å²) in [7, 11) is -2.76. The van der Waals surface area contributed by atoms with Crippen molar-refractivity contribution in [2.24, 2.45) is 0 Å². The normalized spacial score (nSPS) is 11.3. The molecule has 2 aromatic carbocycles. The minimum atomic E-state index is -3.85. The van der Waals surface area contributed by atoms with E-state index < -0.39 is 15.0 Å². The quantitative estimate of drug-likeness (QED) is 0.492. The standard InChI is InChI=1S/C14H13NO5S/c1-10-3-8-14(21(18,19)20-2)13(9-10)11-4-6-12(7-5-11)15(16)17/h3-9H,1-2H3. The van der Waals surface area contributed by atoms with Crippen LogP contribution in [0.4, 0.5) is 5.69 Å². The van der Waals surface area contributed by atoms with Crippen molar-refractivity contribution in [2.75, 3.05) is 7.11 Å². The summed E-state index contributed by atoms with van der Waals surface area (Å²) < 4.78 is 28.5. The van der Waals surface area contributed by atoms with Crippen LogP contribution in [0, 0.1) is 17.0 Å². The van der Waals surface area contributed by atoms with E-state index in [2.05, 4.69) is 4.18 Å². The number of hydrogen-bond donors (Lipinski definition) is 0. The maximum absolute atomic E-state index is 12.0. The summed E-state index contributed by atoms with van der Waals surface area (Å²) in [6, 6.07) is 10.5. The molecule has 0 fully saturated rings. The summed E-state index contributed by atoms with van der Waals surface area (Å²) in [4.78, 5) is 10.2. The van der Waals surface area contributed by atoms with Gasteiger partial charge in [-0.15, -0.1) is 0 Å². The first-order valence-corrected chi connectivity index (χ1v) is 7.42. The van der Waals surface area contributed by atoms with Crippen molar-refractivity contribution in [1.29, 1.82) is 0 Å². The van der Waals surface area contributed by atoms with E-state index in [-0.39, 0.29) is 10.6 Å². The van der Waals surface area contributed by atoms with Crippen molar-refractivity contribution >= 4 is 15.8 Å². The lowest BCUT2D eigenvalue weighted by Crippen LogP contribution is -2.05. The van der Waals surface area contributed by atoms with Gasteiger partial charge in [0.15, 0.2) is 0 Å². The molecule has 0 saturated heterocycles. The Labute approximate surface area is 122 Å². The van der Waals surface area contributed by atoms with E-state index >= 15 is 0 Å². The first-order valence-electron chi connectivity index (χ1n) is 6.01. The fourth-order valence-corrected chi connectivity index (χ4v) is 2.80. The van der Waals surface area contributed by atoms with E-state index in [1.54, 1.807) is 12.1 Å². The number of benzene rings is 2. The number of nitrogens with zero attached hydrogens (tertiary/aromatic N) is 1. The monoisotopic (exact) mass is 307 g/mol. The van der Waals surface area contributed by atoms with E-state index in [1.807, 2.05) is 6.92 Å². The summed E-state index contributed by atoms with van der Waals surface area (Å²) in [6.45, 7) is 1.83. The van der Waals surface area contributed by atoms with Crippen LogP contribution in [0.2, 0.25) is 0 Å². The Morgan fingerprint density at radius 3 is 2.24 bits per heavy atom. The summed E-state index contributed by atoms with van der Waals surface area (Å²) in [5.74, 6) is 0. The third kappa shape index (κ3) is 3.09. The first-order chi connectivity index (χ1) is 9.85. The van der Waals surface area contributed by atoms with Gasteiger partial charge in [0.25, 0.3) is 15.8 Å². The Kier molecular flexibility index (Phi) is 4.06. The summed E-state index contributed by atoms with van der Waals surface area (Å²) in [5.41, 5.74) is 1.84. The van der Waals surface area contributed by atoms with Gasteiger partial charge in [-0.25, -0.2) is 0 Å². The number of rotatable bonds is 4. The number of non-ortho nitro benzene ring substituents is 1. The second-order valence-electron chi connectivity index (χ2n) is 4.42. The Hall–Kier alpha value is -2.25. The Bertz CT molecular complexity index is 782. The van der Waals surface area contributed by atoms with Crippen LogP contribution >= 0.6 is 0 Å². The van der Waals surface area contributed by atoms with Gasteiger partial charge in [0.05, 0.1) is 12.0 Å². The van der Waals surface area contributed by atoms with Crippen molar-refractivity contribution in [3.63, 3.8) is 0 Å². The molecule has 0 atom stereocenters. The molecule has 0 aliphatic rings. The Morgan fingerprint density at radius 1 is 1.10 bits per heavy atom. The number of hydrogen-bond acceptors (Lipinski definition) is 5. The van der Waals surface area contributed by atoms with Crippen LogP contribution in [-0.4, -0.2) is 20.5 Å². The molecule has 0 aromatic heterocycles. The zero-order valence-electron chi connectivity index (χ0n) is 11.4. The highest BCUT2D eigenvalue weighted by Gasteiger charge is 2.19. The van der Waals surface area contributed by atoms with Crippen molar-refractivity contribution in [3.05, 3.63) is 58.1 Å². The van der Waals surface area contributed by atoms with Crippen LogP contribution in [0.15, 0.2) is 47.4 Å². The van der Waals surface area contributed by atoms with Gasteiger partial charge < -0.3 is 0 Å². The van der Waals surface area contributed by atoms with Crippen molar-refractivity contribution in [1.82, 2.24) is 0 Å². The molecule has 0 aliphatic carbocycles. The lowest BCUT2D eigenvalue weighted by Gasteiger charge is -2.10. The van der Waals surface area contributed by atoms with Gasteiger partial charge in [0.2, 0.25) is 0 Å². The average molecular weight is 307 g/mol. The summed E-state index contributed by atoms with van der Waals surface area (Å²) in [6.07, 6.45) is 0. The molecule has 0 spiro atoms. The third-order valence-electron chi connectivity index (χ3n) is 3.01. The molecule has 21 heavy (non-hydrogen) atoms. The van der Waals surface area contributed by atoms with Crippen LogP contribution in [0.25, 0.3) is 11.1 Å². The van der Waals surface area contributed by atoms with Crippen LogP contribution in [-0.2, 0) is 14.3 Å². The zero-order valence-corrected chi connectivity index (χ0v) is 12.3. The molecule has 6 nitrogen and oxygen atoms in total. The molecule has 0 aliphatic heterocycles. The molecule has 110 valence electrons. The molecule has 2 aromatic rings. The van der Waals surface area contributed by atoms with Crippen LogP contribution in [0.3, 0.4) is 0 Å². The maximum atomic E-state index is 12.0. The van der Waals surface area contributed by atoms with Crippen LogP contribution in [0.5, 0.6) is 0 Å². The predicted molar refractivity (Wildman–Crippen MR) is 77.5 cm³/mol. The van der Waals surface area contributed by atoms with Crippen LogP contribution < -0.4 is 0 Å². The van der Waals surface area contributed by atoms with Gasteiger partial charge in [-0.3, -0.25) is 14.3 Å². The molecule has 0 heterocycles. The molecule has 2 rings (SSSR count). The lowest BCUT2D eigenvalue weighted by molar-refractivity contribution is -0.384. The smallest absolute Gasteiger partial charge is 0.270 e. The van der Waals surface area contributed by atoms with E-state index in [0.29, 0.717) is 11.1 Å². The largest absolute Gasteiger partial charge is 0.297 e. The zero-order chi connectivity index (χ0) is 15.6. The topological polar surface area (TPSA) is 86.5 Å². The highest BCUT2D eigenvalue weighted by Crippen LogP contribution is 2.30. The molecule has 0 bridgehead atoms. The lowest BCUT2D eigenvalue weighted by atomic mass is 10.0. The number of aryl methyl sites for hydroxylation is 1. The highest BCUT2D eigenvalue weighted by atomic mass is 32.2. The third-order valence-corrected chi connectivity index (χ3v) is 4.35. The van der Waals surface area contributed by atoms with Gasteiger partial charge in [-0.2, -0.15) is 8.42 Å². The second-order valence-corrected chi connectivity index (χ2v) is 6.11. The Balaban J connectivity index is 2.62. The molecular weight excluding hydrogens is 294 g/mol. The van der Waals surface area contributed by atoms with E-state index in [9.17, 15) is 18.5 Å². The minimum absolute atomic E-state index is 0.0319. The van der Waals surface area contributed by atoms with Crippen molar-refractivity contribution < 1.29 is 17.5 Å². The van der Waals surface area contributed by atoms with Crippen molar-refractivity contribution in [3.8, 4) is 11.1 Å². The molecule has 0 amide bonds. The maximum Gasteiger partial charge on any atom is 0.297 e. The molecule has 0 N–H and O–H groups in total. The first kappa shape index (κ1) is 15.1. The highest BCUT2D eigenvalue weighted by molar-refractivity contribution is 7.86. The van der Waals surface area contributed by atoms with Gasteiger partial charge >= 0.3 is 0 Å². The second kappa shape index (κ2) is 5.63. The predicted octanol–water partition coefficient (Wildman–Crippen LogP) is 2.91. The molecule has 0 unspecified atom stereocenters. The van der Waals surface area contributed by atoms with Gasteiger partial charge in [-0.1, -0.05) is 17.7 Å². The van der Waals surface area contributed by atoms with Gasteiger partial charge in [0, 0.05) is 17.7 Å². The van der Waals surface area contributed by atoms with Gasteiger partial charge in [0.1, 0.15) is 4.90 Å². The minimum Gasteiger partial charge on any atom is -0.270 e. The number of nitro benzene ring substituents is 1. The summed E-state index contributed by atoms with van der Waals surface area (Å²) >= 11 is 0. The van der Waals surface area contributed by atoms with Crippen LogP contribution in [0.1, 0.15) is 5.56 Å². The average Bonchev–Trinajstić information content (AvgIpc) is 2.47. The van der Waals surface area contributed by atoms with E-state index in [1.165, 1.54) is 30.3 Å². The van der Waals surface area contributed by atoms with E-state index in [0.717, 1.165) is 12.7 Å². The number of nitro groups is 1.